The van der Waals surface area contributed by atoms with Crippen LogP contribution in [0.2, 0.25) is 0 Å². The molecule has 0 aromatic carbocycles. The maximum atomic E-state index is 4.33. The number of nitrogens with zero attached hydrogens (tertiary/aromatic N) is 2. The molecule has 0 bridgehead atoms. The van der Waals surface area contributed by atoms with E-state index in [4.69, 9.17) is 0 Å². The zero-order valence-electron chi connectivity index (χ0n) is 11.5. The number of hydrogen-bond donors (Lipinski definition) is 0. The molecular weight excluding hydrogens is 220 g/mol. The largest absolute Gasteiger partial charge is 0.293 e. The Balaban J connectivity index is 2.14. The Morgan fingerprint density at radius 2 is 2.28 bits per heavy atom. The number of aliphatic imine (C=N–C) groups is 1. The summed E-state index contributed by atoms with van der Waals surface area (Å²) in [6.45, 7) is 9.85. The van der Waals surface area contributed by atoms with Gasteiger partial charge < -0.3 is 0 Å². The molecule has 0 amide bonds. The van der Waals surface area contributed by atoms with Gasteiger partial charge in [-0.1, -0.05) is 18.2 Å². The van der Waals surface area contributed by atoms with E-state index in [0.29, 0.717) is 0 Å². The molecule has 0 spiro atoms. The standard InChI is InChI=1S/C16H23N2/c1-15(2)8-6-11-17-10-4-5-12-18-13-7-9-16(3)14-18/h6-9,11,13-14H,1,4-5,10,12H2,2-3H3/q+1/b8-6-,17-11?. The summed E-state index contributed by atoms with van der Waals surface area (Å²) in [5.41, 5.74) is 2.36. The van der Waals surface area contributed by atoms with Crippen molar-refractivity contribution in [2.75, 3.05) is 6.54 Å². The van der Waals surface area contributed by atoms with Gasteiger partial charge in [-0.05, 0) is 32.4 Å². The Morgan fingerprint density at radius 3 is 3.00 bits per heavy atom. The van der Waals surface area contributed by atoms with E-state index >= 15 is 0 Å². The molecular formula is C16H23N2+. The molecule has 0 aliphatic carbocycles. The van der Waals surface area contributed by atoms with Gasteiger partial charge in [0.2, 0.25) is 0 Å². The first-order valence-corrected chi connectivity index (χ1v) is 6.46. The summed E-state index contributed by atoms with van der Waals surface area (Å²) in [7, 11) is 0. The van der Waals surface area contributed by atoms with E-state index in [-0.39, 0.29) is 0 Å². The van der Waals surface area contributed by atoms with Crippen LogP contribution in [0.3, 0.4) is 0 Å². The maximum Gasteiger partial charge on any atom is 0.171 e. The number of allylic oxidation sites excluding steroid dienone is 3. The number of rotatable bonds is 7. The summed E-state index contributed by atoms with van der Waals surface area (Å²) in [5.74, 6) is 0. The van der Waals surface area contributed by atoms with Crippen molar-refractivity contribution in [1.29, 1.82) is 0 Å². The molecule has 0 radical (unpaired) electrons. The third-order valence-corrected chi connectivity index (χ3v) is 2.53. The minimum Gasteiger partial charge on any atom is -0.293 e. The smallest absolute Gasteiger partial charge is 0.171 e. The molecule has 0 aliphatic rings. The van der Waals surface area contributed by atoms with Crippen molar-refractivity contribution < 1.29 is 4.57 Å². The second-order valence-corrected chi connectivity index (χ2v) is 4.59. The first kappa shape index (κ1) is 14.4. The van der Waals surface area contributed by atoms with Crippen molar-refractivity contribution in [3.05, 3.63) is 54.4 Å². The predicted octanol–water partition coefficient (Wildman–Crippen LogP) is 3.27. The van der Waals surface area contributed by atoms with Gasteiger partial charge in [0.25, 0.3) is 0 Å². The molecule has 1 rings (SSSR count). The highest BCUT2D eigenvalue weighted by Gasteiger charge is 1.98. The average Bonchev–Trinajstić information content (AvgIpc) is 2.32. The second kappa shape index (κ2) is 8.40. The van der Waals surface area contributed by atoms with Gasteiger partial charge in [0, 0.05) is 30.8 Å². The highest BCUT2D eigenvalue weighted by molar-refractivity contribution is 5.71. The summed E-state index contributed by atoms with van der Waals surface area (Å²) < 4.78 is 2.24. The van der Waals surface area contributed by atoms with Gasteiger partial charge in [-0.25, -0.2) is 4.57 Å². The number of hydrogen-bond acceptors (Lipinski definition) is 1. The molecule has 0 fully saturated rings. The van der Waals surface area contributed by atoms with Gasteiger partial charge in [0.05, 0.1) is 0 Å². The Hall–Kier alpha value is -1.70. The van der Waals surface area contributed by atoms with Crippen LogP contribution >= 0.6 is 0 Å². The van der Waals surface area contributed by atoms with Crippen molar-refractivity contribution in [3.63, 3.8) is 0 Å². The fourth-order valence-corrected chi connectivity index (χ4v) is 1.63. The summed E-state index contributed by atoms with van der Waals surface area (Å²) in [6.07, 6.45) is 12.3. The summed E-state index contributed by atoms with van der Waals surface area (Å²) in [6, 6.07) is 4.21. The molecule has 2 nitrogen and oxygen atoms in total. The van der Waals surface area contributed by atoms with Crippen LogP contribution < -0.4 is 4.57 Å². The van der Waals surface area contributed by atoms with Crippen molar-refractivity contribution in [1.82, 2.24) is 0 Å². The third kappa shape index (κ3) is 6.79. The van der Waals surface area contributed by atoms with Crippen LogP contribution in [-0.4, -0.2) is 12.8 Å². The van der Waals surface area contributed by atoms with Crippen LogP contribution in [0.25, 0.3) is 0 Å². The number of aromatic nitrogens is 1. The zero-order chi connectivity index (χ0) is 13.2. The van der Waals surface area contributed by atoms with E-state index in [2.05, 4.69) is 47.6 Å². The lowest BCUT2D eigenvalue weighted by atomic mass is 10.3. The summed E-state index contributed by atoms with van der Waals surface area (Å²) >= 11 is 0. The number of unbranched alkanes of at least 4 members (excludes halogenated alkanes) is 1. The average molecular weight is 243 g/mol. The van der Waals surface area contributed by atoms with Crippen molar-refractivity contribution >= 4 is 6.21 Å². The zero-order valence-corrected chi connectivity index (χ0v) is 11.5. The number of aryl methyl sites for hydroxylation is 2. The molecule has 2 heteroatoms. The molecule has 1 heterocycles. The van der Waals surface area contributed by atoms with E-state index in [0.717, 1.165) is 31.5 Å². The fourth-order valence-electron chi connectivity index (χ4n) is 1.63. The highest BCUT2D eigenvalue weighted by Crippen LogP contribution is 1.93. The monoisotopic (exact) mass is 243 g/mol. The maximum absolute atomic E-state index is 4.33. The van der Waals surface area contributed by atoms with Crippen molar-refractivity contribution in [3.8, 4) is 0 Å². The Morgan fingerprint density at radius 1 is 1.44 bits per heavy atom. The van der Waals surface area contributed by atoms with Crippen molar-refractivity contribution in [2.45, 2.75) is 33.2 Å². The van der Waals surface area contributed by atoms with E-state index in [9.17, 15) is 0 Å². The quantitative estimate of drug-likeness (QED) is 0.302. The Kier molecular flexibility index (Phi) is 6.70. The molecule has 0 unspecified atom stereocenters. The highest BCUT2D eigenvalue weighted by atomic mass is 14.9. The predicted molar refractivity (Wildman–Crippen MR) is 77.9 cm³/mol. The third-order valence-electron chi connectivity index (χ3n) is 2.53. The van der Waals surface area contributed by atoms with Crippen LogP contribution in [0.5, 0.6) is 0 Å². The molecule has 0 atom stereocenters. The van der Waals surface area contributed by atoms with E-state index in [1.54, 1.807) is 0 Å². The molecule has 96 valence electrons. The first-order valence-electron chi connectivity index (χ1n) is 6.46. The molecule has 18 heavy (non-hydrogen) atoms. The van der Waals surface area contributed by atoms with Crippen LogP contribution in [0.15, 0.2) is 53.8 Å². The van der Waals surface area contributed by atoms with E-state index in [1.165, 1.54) is 5.56 Å². The lowest BCUT2D eigenvalue weighted by Crippen LogP contribution is -2.32. The Labute approximate surface area is 110 Å². The SMILES string of the molecule is C=C(C)/C=C\C=NCCCC[n+]1cccc(C)c1. The van der Waals surface area contributed by atoms with Crippen LogP contribution in [0.1, 0.15) is 25.3 Å². The second-order valence-electron chi connectivity index (χ2n) is 4.59. The van der Waals surface area contributed by atoms with Gasteiger partial charge in [-0.3, -0.25) is 4.99 Å². The molecule has 0 N–H and O–H groups in total. The first-order chi connectivity index (χ1) is 8.68. The van der Waals surface area contributed by atoms with Gasteiger partial charge >= 0.3 is 0 Å². The van der Waals surface area contributed by atoms with Gasteiger partial charge in [0.1, 0.15) is 6.54 Å². The lowest BCUT2D eigenvalue weighted by molar-refractivity contribution is -0.697. The molecule has 0 aliphatic heterocycles. The minimum atomic E-state index is 0.896. The normalized spacial score (nSPS) is 11.4. The minimum absolute atomic E-state index is 0.896. The van der Waals surface area contributed by atoms with Crippen LogP contribution in [0, 0.1) is 6.92 Å². The molecule has 0 saturated carbocycles. The van der Waals surface area contributed by atoms with Gasteiger partial charge in [0.15, 0.2) is 12.4 Å². The topological polar surface area (TPSA) is 16.2 Å². The van der Waals surface area contributed by atoms with Gasteiger partial charge in [-0.15, -0.1) is 0 Å². The molecule has 1 aromatic heterocycles. The molecule has 1 aromatic rings. The lowest BCUT2D eigenvalue weighted by Gasteiger charge is -1.96. The fraction of sp³-hybridized carbons (Fsp3) is 0.375. The number of pyridine rings is 1. The van der Waals surface area contributed by atoms with Crippen LogP contribution in [-0.2, 0) is 6.54 Å². The van der Waals surface area contributed by atoms with Crippen molar-refractivity contribution in [2.24, 2.45) is 4.99 Å². The van der Waals surface area contributed by atoms with E-state index in [1.807, 2.05) is 25.3 Å². The van der Waals surface area contributed by atoms with Gasteiger partial charge in [-0.2, -0.15) is 0 Å². The van der Waals surface area contributed by atoms with E-state index < -0.39 is 0 Å². The summed E-state index contributed by atoms with van der Waals surface area (Å²) in [4.78, 5) is 4.33. The van der Waals surface area contributed by atoms with Crippen LogP contribution in [0.4, 0.5) is 0 Å². The molecule has 0 saturated heterocycles. The summed E-state index contributed by atoms with van der Waals surface area (Å²) in [5, 5.41) is 0. The Bertz CT molecular complexity index is 430.